The highest BCUT2D eigenvalue weighted by Crippen LogP contribution is 2.23. The Balaban J connectivity index is 1.39. The van der Waals surface area contributed by atoms with Gasteiger partial charge in [0.2, 0.25) is 5.95 Å². The minimum absolute atomic E-state index is 0.162. The van der Waals surface area contributed by atoms with Crippen LogP contribution in [0.5, 0.6) is 5.75 Å². The average molecular weight is 392 g/mol. The molecule has 0 spiro atoms. The fourth-order valence-corrected chi connectivity index (χ4v) is 2.91. The molecule has 0 amide bonds. The fourth-order valence-electron chi connectivity index (χ4n) is 2.91. The molecular formula is C20H17FN6O2. The van der Waals surface area contributed by atoms with E-state index in [0.717, 1.165) is 5.71 Å². The third-order valence-corrected chi connectivity index (χ3v) is 4.48. The highest BCUT2D eigenvalue weighted by molar-refractivity contribution is 5.86. The van der Waals surface area contributed by atoms with Crippen molar-refractivity contribution in [2.75, 3.05) is 18.0 Å². The molecule has 0 atom stereocenters. The van der Waals surface area contributed by atoms with Crippen molar-refractivity contribution >= 4 is 11.7 Å². The number of halogens is 1. The summed E-state index contributed by atoms with van der Waals surface area (Å²) in [6.07, 6.45) is 9.07. The van der Waals surface area contributed by atoms with E-state index in [9.17, 15) is 9.50 Å². The lowest BCUT2D eigenvalue weighted by atomic mass is 10.1. The summed E-state index contributed by atoms with van der Waals surface area (Å²) in [6, 6.07) is 6.79. The molecule has 9 heteroatoms. The molecule has 0 bridgehead atoms. The second kappa shape index (κ2) is 8.58. The van der Waals surface area contributed by atoms with Gasteiger partial charge in [-0.2, -0.15) is 0 Å². The van der Waals surface area contributed by atoms with E-state index in [1.807, 2.05) is 4.90 Å². The Morgan fingerprint density at radius 1 is 1.14 bits per heavy atom. The van der Waals surface area contributed by atoms with E-state index < -0.39 is 12.4 Å². The second-order valence-electron chi connectivity index (χ2n) is 6.37. The van der Waals surface area contributed by atoms with E-state index in [4.69, 9.17) is 4.84 Å². The van der Waals surface area contributed by atoms with E-state index in [1.54, 1.807) is 24.8 Å². The first-order valence-electron chi connectivity index (χ1n) is 9.01. The Hall–Kier alpha value is -3.64. The van der Waals surface area contributed by atoms with E-state index >= 15 is 0 Å². The zero-order valence-electron chi connectivity index (χ0n) is 15.4. The van der Waals surface area contributed by atoms with Crippen molar-refractivity contribution in [2.24, 2.45) is 5.16 Å². The normalized spacial score (nSPS) is 13.7. The van der Waals surface area contributed by atoms with Crippen LogP contribution in [-0.4, -0.2) is 43.8 Å². The summed E-state index contributed by atoms with van der Waals surface area (Å²) in [4.78, 5) is 23.8. The highest BCUT2D eigenvalue weighted by atomic mass is 19.1. The van der Waals surface area contributed by atoms with Crippen LogP contribution in [0.3, 0.4) is 0 Å². The lowest BCUT2D eigenvalue weighted by Crippen LogP contribution is -2.35. The number of aromatic nitrogens is 4. The Labute approximate surface area is 166 Å². The standard InChI is InChI=1S/C20H17FN6O2/c21-19-14(12-28)2-1-3-18(19)15-8-24-20(25-9-15)27-6-4-16(5-7-27)26-29-17-10-22-13-23-11-17/h2,8-11,13,28H,4-7,12H2. The van der Waals surface area contributed by atoms with Gasteiger partial charge in [0.15, 0.2) is 5.75 Å². The summed E-state index contributed by atoms with van der Waals surface area (Å²) in [6.45, 7) is 0.990. The second-order valence-corrected chi connectivity index (χ2v) is 6.37. The predicted octanol–water partition coefficient (Wildman–Crippen LogP) is 2.20. The third kappa shape index (κ3) is 4.28. The van der Waals surface area contributed by atoms with Gasteiger partial charge in [-0.15, -0.1) is 0 Å². The van der Waals surface area contributed by atoms with Crippen LogP contribution in [0.15, 0.2) is 42.3 Å². The molecule has 1 fully saturated rings. The van der Waals surface area contributed by atoms with Gasteiger partial charge in [-0.3, -0.25) is 0 Å². The number of rotatable bonds is 5. The lowest BCUT2D eigenvalue weighted by molar-refractivity contribution is 0.276. The molecule has 8 nitrogen and oxygen atoms in total. The van der Waals surface area contributed by atoms with Gasteiger partial charge < -0.3 is 14.8 Å². The van der Waals surface area contributed by atoms with Gasteiger partial charge >= 0.3 is 0 Å². The first-order valence-corrected chi connectivity index (χ1v) is 9.01. The highest BCUT2D eigenvalue weighted by Gasteiger charge is 2.18. The van der Waals surface area contributed by atoms with Crippen LogP contribution in [0.4, 0.5) is 10.3 Å². The minimum atomic E-state index is -0.537. The maximum absolute atomic E-state index is 14.3. The van der Waals surface area contributed by atoms with Crippen molar-refractivity contribution in [3.8, 4) is 16.9 Å². The summed E-state index contributed by atoms with van der Waals surface area (Å²) < 4.78 is 14.3. The number of anilines is 1. The van der Waals surface area contributed by atoms with Crippen molar-refractivity contribution in [1.82, 2.24) is 19.9 Å². The van der Waals surface area contributed by atoms with Gasteiger partial charge in [0.25, 0.3) is 0 Å². The van der Waals surface area contributed by atoms with Gasteiger partial charge in [0.05, 0.1) is 30.3 Å². The summed E-state index contributed by atoms with van der Waals surface area (Å²) >= 11 is 0. The number of oxime groups is 1. The quantitative estimate of drug-likeness (QED) is 0.665. The lowest BCUT2D eigenvalue weighted by Gasteiger charge is -2.27. The Bertz CT molecular complexity index is 988. The average Bonchev–Trinajstić information content (AvgIpc) is 2.79. The Morgan fingerprint density at radius 2 is 1.86 bits per heavy atom. The number of hydrogen-bond donors (Lipinski definition) is 1. The molecule has 0 unspecified atom stereocenters. The minimum Gasteiger partial charge on any atom is -0.392 e. The zero-order valence-corrected chi connectivity index (χ0v) is 15.4. The smallest absolute Gasteiger partial charge is 0.225 e. The van der Waals surface area contributed by atoms with Crippen LogP contribution < -0.4 is 9.74 Å². The number of nitrogens with zero attached hydrogens (tertiary/aromatic N) is 6. The summed E-state index contributed by atoms with van der Waals surface area (Å²) in [7, 11) is 0. The monoisotopic (exact) mass is 392 g/mol. The largest absolute Gasteiger partial charge is 0.392 e. The molecule has 2 aromatic heterocycles. The molecule has 1 N–H and O–H groups in total. The molecule has 146 valence electrons. The maximum atomic E-state index is 14.3. The summed E-state index contributed by atoms with van der Waals surface area (Å²) in [5.41, 5.74) is 1.78. The summed E-state index contributed by atoms with van der Waals surface area (Å²) in [5, 5.41) is 13.4. The van der Waals surface area contributed by atoms with Crippen LogP contribution in [0, 0.1) is 17.9 Å². The number of hydrogen-bond acceptors (Lipinski definition) is 8. The molecule has 0 saturated carbocycles. The van der Waals surface area contributed by atoms with E-state index in [1.165, 1.54) is 12.4 Å². The fraction of sp³-hybridized carbons (Fsp3) is 0.250. The molecule has 1 aliphatic rings. The van der Waals surface area contributed by atoms with Gasteiger partial charge in [-0.05, 0) is 6.07 Å². The van der Waals surface area contributed by atoms with Crippen LogP contribution in [0.2, 0.25) is 0 Å². The molecule has 1 saturated heterocycles. The van der Waals surface area contributed by atoms with E-state index in [0.29, 0.717) is 43.2 Å². The topological polar surface area (TPSA) is 96.6 Å². The molecule has 29 heavy (non-hydrogen) atoms. The van der Waals surface area contributed by atoms with Crippen molar-refractivity contribution in [3.05, 3.63) is 60.7 Å². The van der Waals surface area contributed by atoms with E-state index in [2.05, 4.69) is 37.2 Å². The molecule has 1 aliphatic heterocycles. The van der Waals surface area contributed by atoms with Crippen LogP contribution in [-0.2, 0) is 6.61 Å². The van der Waals surface area contributed by atoms with Crippen molar-refractivity contribution in [1.29, 1.82) is 0 Å². The van der Waals surface area contributed by atoms with Gasteiger partial charge in [0.1, 0.15) is 12.1 Å². The van der Waals surface area contributed by atoms with Gasteiger partial charge in [-0.1, -0.05) is 17.3 Å². The maximum Gasteiger partial charge on any atom is 0.225 e. The van der Waals surface area contributed by atoms with Crippen molar-refractivity contribution in [3.63, 3.8) is 0 Å². The third-order valence-electron chi connectivity index (χ3n) is 4.48. The van der Waals surface area contributed by atoms with Crippen molar-refractivity contribution in [2.45, 2.75) is 19.4 Å². The van der Waals surface area contributed by atoms with Crippen molar-refractivity contribution < 1.29 is 14.3 Å². The van der Waals surface area contributed by atoms with Crippen LogP contribution >= 0.6 is 0 Å². The molecule has 4 rings (SSSR count). The Kier molecular flexibility index (Phi) is 5.54. The molecule has 1 aromatic carbocycles. The SMILES string of the molecule is OCc1cc#cc(-c2cnc(N3CCC(=NOc4cncnc4)CC3)nc2)c1F. The van der Waals surface area contributed by atoms with Crippen LogP contribution in [0.1, 0.15) is 18.4 Å². The molecule has 0 aliphatic carbocycles. The first kappa shape index (κ1) is 18.7. The van der Waals surface area contributed by atoms with E-state index in [-0.39, 0.29) is 11.1 Å². The number of piperidine rings is 1. The first-order chi connectivity index (χ1) is 14.2. The van der Waals surface area contributed by atoms with Crippen LogP contribution in [0.25, 0.3) is 11.1 Å². The molecule has 0 radical (unpaired) electrons. The van der Waals surface area contributed by atoms with Gasteiger partial charge in [-0.25, -0.2) is 24.3 Å². The van der Waals surface area contributed by atoms with Gasteiger partial charge in [0, 0.05) is 49.5 Å². The zero-order chi connectivity index (χ0) is 20.1. The Morgan fingerprint density at radius 3 is 2.55 bits per heavy atom. The molecule has 3 aromatic rings. The number of aliphatic hydroxyl groups is 1. The predicted molar refractivity (Wildman–Crippen MR) is 103 cm³/mol. The summed E-state index contributed by atoms with van der Waals surface area (Å²) in [5.74, 6) is 0.519. The molecular weight excluding hydrogens is 375 g/mol. The number of aliphatic hydroxyl groups excluding tert-OH is 1. The molecule has 3 heterocycles.